The number of aliphatic imine (C=N–C) groups is 1. The first kappa shape index (κ1) is 19.3. The van der Waals surface area contributed by atoms with Gasteiger partial charge < -0.3 is 20.1 Å². The van der Waals surface area contributed by atoms with Gasteiger partial charge in [-0.1, -0.05) is 6.08 Å². The summed E-state index contributed by atoms with van der Waals surface area (Å²) in [6.45, 7) is 10.9. The van der Waals surface area contributed by atoms with Gasteiger partial charge in [0.2, 0.25) is 0 Å². The van der Waals surface area contributed by atoms with Crippen molar-refractivity contribution in [3.05, 3.63) is 36.9 Å². The molecule has 1 aromatic carbocycles. The maximum Gasteiger partial charge on any atom is 0.196 e. The molecule has 1 saturated carbocycles. The van der Waals surface area contributed by atoms with E-state index in [1.54, 1.807) is 0 Å². The lowest BCUT2D eigenvalue weighted by Crippen LogP contribution is -2.31. The summed E-state index contributed by atoms with van der Waals surface area (Å²) in [5.74, 6) is 2.43. The Kier molecular flexibility index (Phi) is 8.32. The van der Waals surface area contributed by atoms with Crippen LogP contribution in [0.5, 0.6) is 5.75 Å². The van der Waals surface area contributed by atoms with E-state index in [2.05, 4.69) is 22.2 Å². The Hall–Kier alpha value is -2.01. The van der Waals surface area contributed by atoms with Crippen LogP contribution in [0.25, 0.3) is 0 Å². The molecule has 5 nitrogen and oxygen atoms in total. The lowest BCUT2D eigenvalue weighted by molar-refractivity contribution is 0.123. The molecule has 0 unspecified atom stereocenters. The summed E-state index contributed by atoms with van der Waals surface area (Å²) in [7, 11) is 0. The fraction of sp³-hybridized carbons (Fsp3) is 0.550. The molecule has 0 bridgehead atoms. The molecule has 0 spiro atoms. The average molecular weight is 345 g/mol. The largest absolute Gasteiger partial charge is 0.491 e. The number of anilines is 1. The summed E-state index contributed by atoms with van der Waals surface area (Å²) in [6.07, 6.45) is 5.58. The lowest BCUT2D eigenvalue weighted by atomic mass is 10.3. The summed E-state index contributed by atoms with van der Waals surface area (Å²) in [5, 5.41) is 6.54. The van der Waals surface area contributed by atoms with E-state index in [1.807, 2.05) is 44.2 Å². The third kappa shape index (κ3) is 8.59. The maximum absolute atomic E-state index is 5.66. The van der Waals surface area contributed by atoms with Gasteiger partial charge in [-0.15, -0.1) is 6.58 Å². The second kappa shape index (κ2) is 10.8. The third-order valence-corrected chi connectivity index (χ3v) is 3.67. The molecule has 138 valence electrons. The molecule has 5 heteroatoms. The number of ether oxygens (including phenoxy) is 2. The van der Waals surface area contributed by atoms with Crippen LogP contribution in [-0.2, 0) is 4.74 Å². The number of hydrogen-bond donors (Lipinski definition) is 2. The first-order chi connectivity index (χ1) is 12.2. The van der Waals surface area contributed by atoms with Gasteiger partial charge in [0.15, 0.2) is 5.96 Å². The van der Waals surface area contributed by atoms with Gasteiger partial charge in [0.05, 0.1) is 6.10 Å². The Morgan fingerprint density at radius 2 is 2.08 bits per heavy atom. The maximum atomic E-state index is 5.66. The van der Waals surface area contributed by atoms with Crippen LogP contribution in [0.3, 0.4) is 0 Å². The van der Waals surface area contributed by atoms with Crippen molar-refractivity contribution in [2.75, 3.05) is 31.6 Å². The molecule has 0 aromatic heterocycles. The molecule has 0 heterocycles. The van der Waals surface area contributed by atoms with E-state index in [1.165, 1.54) is 12.8 Å². The molecule has 1 aliphatic carbocycles. The molecule has 0 atom stereocenters. The van der Waals surface area contributed by atoms with Crippen molar-refractivity contribution in [1.82, 2.24) is 5.32 Å². The highest BCUT2D eigenvalue weighted by Gasteiger charge is 2.20. The number of rotatable bonds is 11. The highest BCUT2D eigenvalue weighted by molar-refractivity contribution is 5.93. The van der Waals surface area contributed by atoms with Crippen LogP contribution in [0, 0.1) is 5.92 Å². The molecule has 1 fully saturated rings. The number of nitrogens with one attached hydrogen (secondary N) is 2. The highest BCUT2D eigenvalue weighted by atomic mass is 16.5. The minimum Gasteiger partial charge on any atom is -0.491 e. The van der Waals surface area contributed by atoms with Crippen LogP contribution in [0.4, 0.5) is 5.69 Å². The highest BCUT2D eigenvalue weighted by Crippen LogP contribution is 2.28. The monoisotopic (exact) mass is 345 g/mol. The minimum atomic E-state index is 0.173. The van der Waals surface area contributed by atoms with Crippen LogP contribution >= 0.6 is 0 Å². The number of benzene rings is 1. The van der Waals surface area contributed by atoms with Crippen LogP contribution in [-0.4, -0.2) is 38.4 Å². The van der Waals surface area contributed by atoms with E-state index in [9.17, 15) is 0 Å². The topological polar surface area (TPSA) is 54.9 Å². The zero-order valence-electron chi connectivity index (χ0n) is 15.5. The summed E-state index contributed by atoms with van der Waals surface area (Å²) >= 11 is 0. The smallest absolute Gasteiger partial charge is 0.196 e. The van der Waals surface area contributed by atoms with E-state index < -0.39 is 0 Å². The third-order valence-electron chi connectivity index (χ3n) is 3.67. The van der Waals surface area contributed by atoms with E-state index in [4.69, 9.17) is 9.47 Å². The lowest BCUT2D eigenvalue weighted by Gasteiger charge is -2.13. The van der Waals surface area contributed by atoms with Crippen LogP contribution in [0.15, 0.2) is 41.9 Å². The molecule has 2 rings (SSSR count). The summed E-state index contributed by atoms with van der Waals surface area (Å²) in [6, 6.07) is 7.89. The van der Waals surface area contributed by atoms with Crippen LogP contribution < -0.4 is 15.4 Å². The predicted molar refractivity (Wildman–Crippen MR) is 104 cm³/mol. The molecule has 1 aromatic rings. The van der Waals surface area contributed by atoms with Gasteiger partial charge in [0, 0.05) is 32.0 Å². The van der Waals surface area contributed by atoms with Crippen LogP contribution in [0.1, 0.15) is 33.1 Å². The van der Waals surface area contributed by atoms with Crippen molar-refractivity contribution in [3.8, 4) is 5.75 Å². The standard InChI is InChI=1S/C20H31N3O2/c1-4-12-21-20(22-13-5-14-24-15-17-6-7-17)23-18-8-10-19(11-9-18)25-16(2)3/h4,8-11,16-17H,1,5-7,12-15H2,2-3H3,(H2,21,22,23). The fourth-order valence-electron chi connectivity index (χ4n) is 2.23. The van der Waals surface area contributed by atoms with E-state index in [0.29, 0.717) is 6.54 Å². The second-order valence-corrected chi connectivity index (χ2v) is 6.59. The van der Waals surface area contributed by atoms with Crippen LogP contribution in [0.2, 0.25) is 0 Å². The Labute approximate surface area is 151 Å². The first-order valence-corrected chi connectivity index (χ1v) is 9.18. The van der Waals surface area contributed by atoms with Crippen molar-refractivity contribution in [2.24, 2.45) is 10.9 Å². The molecule has 0 saturated heterocycles. The molecule has 0 amide bonds. The van der Waals surface area contributed by atoms with Gasteiger partial charge in [0.1, 0.15) is 5.75 Å². The fourth-order valence-corrected chi connectivity index (χ4v) is 2.23. The molecule has 25 heavy (non-hydrogen) atoms. The van der Waals surface area contributed by atoms with Gasteiger partial charge in [-0.25, -0.2) is 0 Å². The molecule has 2 N–H and O–H groups in total. The predicted octanol–water partition coefficient (Wildman–Crippen LogP) is 3.83. The number of guanidine groups is 1. The molecule has 1 aliphatic rings. The minimum absolute atomic E-state index is 0.173. The van der Waals surface area contributed by atoms with Gasteiger partial charge >= 0.3 is 0 Å². The first-order valence-electron chi connectivity index (χ1n) is 9.18. The molecule has 0 aliphatic heterocycles. The van der Waals surface area contributed by atoms with Gasteiger partial charge in [0.25, 0.3) is 0 Å². The Bertz CT molecular complexity index is 536. The number of hydrogen-bond acceptors (Lipinski definition) is 3. The average Bonchev–Trinajstić information content (AvgIpc) is 3.41. The summed E-state index contributed by atoms with van der Waals surface area (Å²) in [4.78, 5) is 4.60. The summed E-state index contributed by atoms with van der Waals surface area (Å²) in [5.41, 5.74) is 0.969. The van der Waals surface area contributed by atoms with E-state index in [0.717, 1.165) is 49.5 Å². The van der Waals surface area contributed by atoms with Crippen molar-refractivity contribution in [1.29, 1.82) is 0 Å². The molecular formula is C20H31N3O2. The van der Waals surface area contributed by atoms with Gasteiger partial charge in [-0.2, -0.15) is 0 Å². The van der Waals surface area contributed by atoms with Gasteiger partial charge in [-0.3, -0.25) is 4.99 Å². The van der Waals surface area contributed by atoms with Crippen molar-refractivity contribution in [2.45, 2.75) is 39.2 Å². The normalized spacial score (nSPS) is 14.4. The van der Waals surface area contributed by atoms with E-state index in [-0.39, 0.29) is 6.10 Å². The zero-order chi connectivity index (χ0) is 17.9. The molecular weight excluding hydrogens is 314 g/mol. The quantitative estimate of drug-likeness (QED) is 0.277. The van der Waals surface area contributed by atoms with Gasteiger partial charge in [-0.05, 0) is 63.3 Å². The SMILES string of the molecule is C=CCNC(=NCCCOCC1CC1)Nc1ccc(OC(C)C)cc1. The van der Waals surface area contributed by atoms with Crippen molar-refractivity contribution in [3.63, 3.8) is 0 Å². The molecule has 0 radical (unpaired) electrons. The Morgan fingerprint density at radius 1 is 1.32 bits per heavy atom. The Balaban J connectivity index is 1.78. The zero-order valence-corrected chi connectivity index (χ0v) is 15.5. The Morgan fingerprint density at radius 3 is 2.72 bits per heavy atom. The second-order valence-electron chi connectivity index (χ2n) is 6.59. The van der Waals surface area contributed by atoms with Crippen molar-refractivity contribution >= 4 is 11.6 Å². The summed E-state index contributed by atoms with van der Waals surface area (Å²) < 4.78 is 11.3. The number of nitrogens with zero attached hydrogens (tertiary/aromatic N) is 1. The van der Waals surface area contributed by atoms with E-state index >= 15 is 0 Å². The van der Waals surface area contributed by atoms with Crippen molar-refractivity contribution < 1.29 is 9.47 Å².